The minimum absolute atomic E-state index is 0.215. The van der Waals surface area contributed by atoms with Crippen LogP contribution in [0.15, 0.2) is 24.3 Å². The van der Waals surface area contributed by atoms with Crippen molar-refractivity contribution in [2.45, 2.75) is 105 Å². The summed E-state index contributed by atoms with van der Waals surface area (Å²) in [7, 11) is 0. The van der Waals surface area contributed by atoms with Crippen molar-refractivity contribution in [1.82, 2.24) is 15.5 Å². The van der Waals surface area contributed by atoms with Gasteiger partial charge in [-0.2, -0.15) is 0 Å². The maximum absolute atomic E-state index is 13.6. The Kier molecular flexibility index (Phi) is 11.4. The summed E-state index contributed by atoms with van der Waals surface area (Å²) in [5.74, 6) is -0.545. The van der Waals surface area contributed by atoms with Gasteiger partial charge in [0.15, 0.2) is 0 Å². The van der Waals surface area contributed by atoms with E-state index in [0.29, 0.717) is 13.0 Å². The smallest absolute Gasteiger partial charge is 0.408 e. The zero-order chi connectivity index (χ0) is 25.2. The second-order valence-corrected chi connectivity index (χ2v) is 9.51. The topological polar surface area (TPSA) is 87.7 Å². The van der Waals surface area contributed by atoms with Gasteiger partial charge in [0.25, 0.3) is 0 Å². The SMILES string of the molecule is CCCCNC(=O)C(c1ccc(CC)cc1)N(C(=O)C(C)NC(=O)OC(C)(C)C)C(C)CC. The third kappa shape index (κ3) is 9.06. The van der Waals surface area contributed by atoms with Gasteiger partial charge in [-0.05, 0) is 65.0 Å². The highest BCUT2D eigenvalue weighted by Gasteiger charge is 2.36. The Morgan fingerprint density at radius 2 is 1.64 bits per heavy atom. The Balaban J connectivity index is 3.30. The molecule has 3 unspecified atom stereocenters. The highest BCUT2D eigenvalue weighted by Crippen LogP contribution is 2.26. The Hall–Kier alpha value is -2.57. The quantitative estimate of drug-likeness (QED) is 0.466. The lowest BCUT2D eigenvalue weighted by atomic mass is 9.98. The van der Waals surface area contributed by atoms with Gasteiger partial charge in [0, 0.05) is 12.6 Å². The van der Waals surface area contributed by atoms with E-state index in [1.54, 1.807) is 32.6 Å². The number of ether oxygens (including phenoxy) is 1. The number of nitrogens with zero attached hydrogens (tertiary/aromatic N) is 1. The summed E-state index contributed by atoms with van der Waals surface area (Å²) < 4.78 is 5.31. The molecule has 0 saturated heterocycles. The highest BCUT2D eigenvalue weighted by atomic mass is 16.6. The van der Waals surface area contributed by atoms with Crippen LogP contribution < -0.4 is 10.6 Å². The number of nitrogens with one attached hydrogen (secondary N) is 2. The van der Waals surface area contributed by atoms with Crippen molar-refractivity contribution in [2.24, 2.45) is 0 Å². The molecule has 3 amide bonds. The zero-order valence-corrected chi connectivity index (χ0v) is 21.7. The average molecular weight is 462 g/mol. The number of hydrogen-bond donors (Lipinski definition) is 2. The minimum atomic E-state index is -0.852. The van der Waals surface area contributed by atoms with E-state index in [1.807, 2.05) is 38.1 Å². The number of carbonyl (C=O) groups excluding carboxylic acids is 3. The second kappa shape index (κ2) is 13.2. The molecule has 0 fully saturated rings. The van der Waals surface area contributed by atoms with Crippen molar-refractivity contribution in [3.63, 3.8) is 0 Å². The minimum Gasteiger partial charge on any atom is -0.444 e. The number of unbranched alkanes of at least 4 members (excludes halogenated alkanes) is 1. The van der Waals surface area contributed by atoms with Crippen LogP contribution in [0.3, 0.4) is 0 Å². The molecule has 0 spiro atoms. The molecule has 0 aromatic heterocycles. The van der Waals surface area contributed by atoms with Gasteiger partial charge in [-0.1, -0.05) is 51.5 Å². The third-order valence-electron chi connectivity index (χ3n) is 5.48. The summed E-state index contributed by atoms with van der Waals surface area (Å²) in [5, 5.41) is 5.62. The van der Waals surface area contributed by atoms with Crippen LogP contribution >= 0.6 is 0 Å². The number of benzene rings is 1. The van der Waals surface area contributed by atoms with Gasteiger partial charge in [-0.25, -0.2) is 4.79 Å². The van der Waals surface area contributed by atoms with Gasteiger partial charge in [0.05, 0.1) is 0 Å². The largest absolute Gasteiger partial charge is 0.444 e. The van der Waals surface area contributed by atoms with Crippen LogP contribution in [0.2, 0.25) is 0 Å². The number of amides is 3. The van der Waals surface area contributed by atoms with E-state index in [4.69, 9.17) is 4.74 Å². The van der Waals surface area contributed by atoms with E-state index in [-0.39, 0.29) is 17.9 Å². The number of aryl methyl sites for hydroxylation is 1. The lowest BCUT2D eigenvalue weighted by molar-refractivity contribution is -0.144. The summed E-state index contributed by atoms with van der Waals surface area (Å²) in [6.45, 7) is 15.5. The summed E-state index contributed by atoms with van der Waals surface area (Å²) in [6, 6.07) is 5.95. The fourth-order valence-electron chi connectivity index (χ4n) is 3.42. The molecule has 1 aromatic carbocycles. The molecule has 33 heavy (non-hydrogen) atoms. The molecule has 0 heterocycles. The van der Waals surface area contributed by atoms with Gasteiger partial charge < -0.3 is 20.3 Å². The first kappa shape index (κ1) is 28.5. The molecule has 0 saturated carbocycles. The van der Waals surface area contributed by atoms with Gasteiger partial charge in [0.1, 0.15) is 17.7 Å². The predicted molar refractivity (Wildman–Crippen MR) is 132 cm³/mol. The average Bonchev–Trinajstić information content (AvgIpc) is 2.75. The first-order valence-electron chi connectivity index (χ1n) is 12.1. The molecule has 0 aliphatic rings. The van der Waals surface area contributed by atoms with Crippen molar-refractivity contribution >= 4 is 17.9 Å². The van der Waals surface area contributed by atoms with Crippen LogP contribution in [-0.2, 0) is 20.7 Å². The maximum atomic E-state index is 13.6. The lowest BCUT2D eigenvalue weighted by Gasteiger charge is -2.37. The molecule has 1 aromatic rings. The fraction of sp³-hybridized carbons (Fsp3) is 0.654. The number of carbonyl (C=O) groups is 3. The Labute approximate surface area is 199 Å². The molecular formula is C26H43N3O4. The van der Waals surface area contributed by atoms with Gasteiger partial charge in [-0.15, -0.1) is 0 Å². The molecule has 0 aliphatic heterocycles. The van der Waals surface area contributed by atoms with Crippen molar-refractivity contribution < 1.29 is 19.1 Å². The van der Waals surface area contributed by atoms with Gasteiger partial charge in [-0.3, -0.25) is 9.59 Å². The molecule has 7 heteroatoms. The first-order chi connectivity index (χ1) is 15.4. The first-order valence-corrected chi connectivity index (χ1v) is 12.1. The van der Waals surface area contributed by atoms with E-state index in [0.717, 1.165) is 30.4 Å². The van der Waals surface area contributed by atoms with Crippen molar-refractivity contribution in [3.05, 3.63) is 35.4 Å². The Bertz CT molecular complexity index is 771. The van der Waals surface area contributed by atoms with Crippen LogP contribution in [0.1, 0.15) is 91.8 Å². The molecule has 0 aliphatic carbocycles. The molecule has 0 radical (unpaired) electrons. The molecule has 7 nitrogen and oxygen atoms in total. The van der Waals surface area contributed by atoms with Crippen LogP contribution in [0.25, 0.3) is 0 Å². The molecule has 0 bridgehead atoms. The molecule has 2 N–H and O–H groups in total. The van der Waals surface area contributed by atoms with Crippen molar-refractivity contribution in [1.29, 1.82) is 0 Å². The molecule has 1 rings (SSSR count). The summed E-state index contributed by atoms with van der Waals surface area (Å²) in [5.41, 5.74) is 1.23. The lowest BCUT2D eigenvalue weighted by Crippen LogP contribution is -2.54. The monoisotopic (exact) mass is 461 g/mol. The highest BCUT2D eigenvalue weighted by molar-refractivity contribution is 5.92. The van der Waals surface area contributed by atoms with E-state index in [1.165, 1.54) is 0 Å². The van der Waals surface area contributed by atoms with Crippen LogP contribution in [0, 0.1) is 0 Å². The normalized spacial score (nSPS) is 14.1. The molecule has 3 atom stereocenters. The Morgan fingerprint density at radius 3 is 2.12 bits per heavy atom. The van der Waals surface area contributed by atoms with Gasteiger partial charge in [0.2, 0.25) is 11.8 Å². The summed E-state index contributed by atoms with van der Waals surface area (Å²) >= 11 is 0. The van der Waals surface area contributed by atoms with Gasteiger partial charge >= 0.3 is 6.09 Å². The predicted octanol–water partition coefficient (Wildman–Crippen LogP) is 4.75. The zero-order valence-electron chi connectivity index (χ0n) is 21.7. The van der Waals surface area contributed by atoms with Crippen molar-refractivity contribution in [2.75, 3.05) is 6.54 Å². The second-order valence-electron chi connectivity index (χ2n) is 9.51. The standard InChI is InChI=1S/C26H43N3O4/c1-9-12-17-27-23(30)22(21-15-13-20(11-3)14-16-21)29(18(4)10-2)24(31)19(5)28-25(32)33-26(6,7)8/h13-16,18-19,22H,9-12,17H2,1-8H3,(H,27,30)(H,28,32). The number of hydrogen-bond acceptors (Lipinski definition) is 4. The number of rotatable bonds is 11. The third-order valence-corrected chi connectivity index (χ3v) is 5.48. The van der Waals surface area contributed by atoms with Crippen LogP contribution in [-0.4, -0.2) is 47.0 Å². The van der Waals surface area contributed by atoms with Crippen LogP contribution in [0.5, 0.6) is 0 Å². The van der Waals surface area contributed by atoms with E-state index < -0.39 is 23.8 Å². The summed E-state index contributed by atoms with van der Waals surface area (Å²) in [6.07, 6.45) is 2.71. The number of alkyl carbamates (subject to hydrolysis) is 1. The van der Waals surface area contributed by atoms with Crippen molar-refractivity contribution in [3.8, 4) is 0 Å². The molecular weight excluding hydrogens is 418 g/mol. The Morgan fingerprint density at radius 1 is 1.03 bits per heavy atom. The molecule has 186 valence electrons. The van der Waals surface area contributed by atoms with E-state index in [2.05, 4.69) is 24.5 Å². The maximum Gasteiger partial charge on any atom is 0.408 e. The van der Waals surface area contributed by atoms with E-state index >= 15 is 0 Å². The van der Waals surface area contributed by atoms with Crippen LogP contribution in [0.4, 0.5) is 4.79 Å². The van der Waals surface area contributed by atoms with E-state index in [9.17, 15) is 14.4 Å². The summed E-state index contributed by atoms with van der Waals surface area (Å²) in [4.78, 5) is 40.8. The fourth-order valence-corrected chi connectivity index (χ4v) is 3.42.